The van der Waals surface area contributed by atoms with Crippen LogP contribution in [0.4, 0.5) is 5.69 Å². The molecule has 0 saturated carbocycles. The minimum atomic E-state index is -0.0798. The van der Waals surface area contributed by atoms with E-state index in [1.165, 1.54) is 6.07 Å². The lowest BCUT2D eigenvalue weighted by Gasteiger charge is -2.05. The second-order valence-corrected chi connectivity index (χ2v) is 3.05. The van der Waals surface area contributed by atoms with Crippen LogP contribution in [-0.4, -0.2) is 17.4 Å². The van der Waals surface area contributed by atoms with Gasteiger partial charge in [-0.15, -0.1) is 0 Å². The molecule has 76 valence electrons. The van der Waals surface area contributed by atoms with Gasteiger partial charge in [-0.3, -0.25) is 4.79 Å². The molecule has 0 amide bonds. The maximum Gasteiger partial charge on any atom is 0.165 e. The van der Waals surface area contributed by atoms with Crippen LogP contribution >= 0.6 is 0 Å². The molecule has 1 aromatic rings. The summed E-state index contributed by atoms with van der Waals surface area (Å²) in [6.45, 7) is 0.477. The van der Waals surface area contributed by atoms with Crippen molar-refractivity contribution in [1.29, 1.82) is 0 Å². The molecule has 5 N–H and O–H groups in total. The van der Waals surface area contributed by atoms with E-state index in [-0.39, 0.29) is 17.2 Å². The first-order chi connectivity index (χ1) is 6.66. The zero-order valence-electron chi connectivity index (χ0n) is 7.86. The van der Waals surface area contributed by atoms with Gasteiger partial charge in [0.05, 0.1) is 5.69 Å². The molecule has 1 aromatic carbocycles. The van der Waals surface area contributed by atoms with Crippen LogP contribution in [0.2, 0.25) is 0 Å². The Morgan fingerprint density at radius 3 is 2.79 bits per heavy atom. The van der Waals surface area contributed by atoms with E-state index in [1.807, 2.05) is 0 Å². The van der Waals surface area contributed by atoms with Gasteiger partial charge in [0.25, 0.3) is 0 Å². The number of para-hydroxylation sites is 1. The Kier molecular flexibility index (Phi) is 3.48. The van der Waals surface area contributed by atoms with Crippen molar-refractivity contribution in [3.63, 3.8) is 0 Å². The first kappa shape index (κ1) is 10.5. The van der Waals surface area contributed by atoms with Gasteiger partial charge >= 0.3 is 0 Å². The van der Waals surface area contributed by atoms with Gasteiger partial charge in [-0.25, -0.2) is 0 Å². The Labute approximate surface area is 82.5 Å². The maximum absolute atomic E-state index is 11.5. The molecule has 4 nitrogen and oxygen atoms in total. The quantitative estimate of drug-likeness (QED) is 0.377. The smallest absolute Gasteiger partial charge is 0.165 e. The predicted molar refractivity (Wildman–Crippen MR) is 55.1 cm³/mol. The van der Waals surface area contributed by atoms with Crippen molar-refractivity contribution in [2.75, 3.05) is 12.3 Å². The first-order valence-corrected chi connectivity index (χ1v) is 4.47. The van der Waals surface area contributed by atoms with E-state index in [2.05, 4.69) is 0 Å². The number of aromatic hydroxyl groups is 1. The fourth-order valence-corrected chi connectivity index (χ4v) is 1.19. The minimum Gasteiger partial charge on any atom is -0.506 e. The molecule has 0 radical (unpaired) electrons. The van der Waals surface area contributed by atoms with Crippen LogP contribution in [0.3, 0.4) is 0 Å². The van der Waals surface area contributed by atoms with Crippen molar-refractivity contribution in [1.82, 2.24) is 0 Å². The highest BCUT2D eigenvalue weighted by molar-refractivity contribution is 6.01. The number of hydrogen-bond donors (Lipinski definition) is 3. The molecule has 0 aliphatic carbocycles. The van der Waals surface area contributed by atoms with Crippen LogP contribution in [0, 0.1) is 0 Å². The van der Waals surface area contributed by atoms with Crippen LogP contribution in [0.1, 0.15) is 23.2 Å². The van der Waals surface area contributed by atoms with Crippen LogP contribution in [0.25, 0.3) is 0 Å². The third kappa shape index (κ3) is 2.23. The molecule has 0 unspecified atom stereocenters. The number of rotatable bonds is 4. The zero-order valence-corrected chi connectivity index (χ0v) is 7.86. The minimum absolute atomic E-state index is 0.0522. The molecule has 0 aliphatic heterocycles. The topological polar surface area (TPSA) is 89.3 Å². The second kappa shape index (κ2) is 4.62. The summed E-state index contributed by atoms with van der Waals surface area (Å²) in [6.07, 6.45) is 0.998. The monoisotopic (exact) mass is 194 g/mol. The van der Waals surface area contributed by atoms with E-state index in [4.69, 9.17) is 11.5 Å². The van der Waals surface area contributed by atoms with Crippen molar-refractivity contribution >= 4 is 11.5 Å². The molecule has 14 heavy (non-hydrogen) atoms. The van der Waals surface area contributed by atoms with Crippen LogP contribution in [0.5, 0.6) is 5.75 Å². The fourth-order valence-electron chi connectivity index (χ4n) is 1.19. The number of phenolic OH excluding ortho intramolecular Hbond substituents is 1. The van der Waals surface area contributed by atoms with E-state index in [9.17, 15) is 9.90 Å². The van der Waals surface area contributed by atoms with Gasteiger partial charge in [0, 0.05) is 12.0 Å². The average Bonchev–Trinajstić information content (AvgIpc) is 2.18. The third-order valence-electron chi connectivity index (χ3n) is 1.99. The summed E-state index contributed by atoms with van der Waals surface area (Å²) >= 11 is 0. The molecule has 0 heterocycles. The van der Waals surface area contributed by atoms with E-state index in [0.29, 0.717) is 24.9 Å². The summed E-state index contributed by atoms with van der Waals surface area (Å²) in [5.74, 6) is -0.132. The Balaban J connectivity index is 2.84. The normalized spacial score (nSPS) is 10.1. The number of nitrogen functional groups attached to an aromatic ring is 1. The lowest BCUT2D eigenvalue weighted by molar-refractivity contribution is 0.0981. The van der Waals surface area contributed by atoms with Crippen molar-refractivity contribution in [2.24, 2.45) is 5.73 Å². The Hall–Kier alpha value is -1.55. The number of carbonyl (C=O) groups is 1. The number of hydrogen-bond acceptors (Lipinski definition) is 4. The number of Topliss-reactive ketones (excluding diaryl/α,β-unsaturated/α-hetero) is 1. The van der Waals surface area contributed by atoms with Gasteiger partial charge in [-0.05, 0) is 25.1 Å². The van der Waals surface area contributed by atoms with E-state index >= 15 is 0 Å². The van der Waals surface area contributed by atoms with Crippen LogP contribution in [-0.2, 0) is 0 Å². The fraction of sp³-hybridized carbons (Fsp3) is 0.300. The van der Waals surface area contributed by atoms with Crippen LogP contribution in [0.15, 0.2) is 18.2 Å². The van der Waals surface area contributed by atoms with E-state index in [1.54, 1.807) is 12.1 Å². The van der Waals surface area contributed by atoms with Gasteiger partial charge in [-0.1, -0.05) is 6.07 Å². The highest BCUT2D eigenvalue weighted by atomic mass is 16.3. The van der Waals surface area contributed by atoms with Gasteiger partial charge in [0.15, 0.2) is 5.78 Å². The van der Waals surface area contributed by atoms with Crippen molar-refractivity contribution in [3.8, 4) is 5.75 Å². The molecule has 0 aliphatic rings. The summed E-state index contributed by atoms with van der Waals surface area (Å²) in [5.41, 5.74) is 11.4. The summed E-state index contributed by atoms with van der Waals surface area (Å²) in [5, 5.41) is 9.27. The van der Waals surface area contributed by atoms with Gasteiger partial charge in [-0.2, -0.15) is 0 Å². The van der Waals surface area contributed by atoms with Crippen molar-refractivity contribution in [2.45, 2.75) is 12.8 Å². The number of anilines is 1. The van der Waals surface area contributed by atoms with Crippen LogP contribution < -0.4 is 11.5 Å². The molecule has 0 saturated heterocycles. The van der Waals surface area contributed by atoms with Crippen molar-refractivity contribution < 1.29 is 9.90 Å². The number of carbonyl (C=O) groups excluding carboxylic acids is 1. The molecular weight excluding hydrogens is 180 g/mol. The number of phenols is 1. The highest BCUT2D eigenvalue weighted by Gasteiger charge is 2.10. The van der Waals surface area contributed by atoms with Gasteiger partial charge < -0.3 is 16.6 Å². The summed E-state index contributed by atoms with van der Waals surface area (Å²) in [7, 11) is 0. The lowest BCUT2D eigenvalue weighted by atomic mass is 10.0. The summed E-state index contributed by atoms with van der Waals surface area (Å²) in [4.78, 5) is 11.5. The van der Waals surface area contributed by atoms with E-state index < -0.39 is 0 Å². The number of ketones is 1. The second-order valence-electron chi connectivity index (χ2n) is 3.05. The number of benzene rings is 1. The molecule has 0 bridgehead atoms. The summed E-state index contributed by atoms with van der Waals surface area (Å²) in [6, 6.07) is 4.66. The third-order valence-corrected chi connectivity index (χ3v) is 1.99. The molecular formula is C10H14N2O2. The molecule has 0 atom stereocenters. The molecule has 0 aromatic heterocycles. The zero-order chi connectivity index (χ0) is 10.6. The Morgan fingerprint density at radius 1 is 1.43 bits per heavy atom. The maximum atomic E-state index is 11.5. The molecule has 1 rings (SSSR count). The van der Waals surface area contributed by atoms with Gasteiger partial charge in [0.1, 0.15) is 5.75 Å². The first-order valence-electron chi connectivity index (χ1n) is 4.47. The Morgan fingerprint density at radius 2 is 2.14 bits per heavy atom. The summed E-state index contributed by atoms with van der Waals surface area (Å²) < 4.78 is 0. The van der Waals surface area contributed by atoms with Gasteiger partial charge in [0.2, 0.25) is 0 Å². The largest absolute Gasteiger partial charge is 0.506 e. The number of nitrogens with two attached hydrogens (primary N) is 2. The molecule has 0 spiro atoms. The SMILES string of the molecule is NCCCC(=O)c1cccc(O)c1N. The highest BCUT2D eigenvalue weighted by Crippen LogP contribution is 2.24. The standard InChI is InChI=1S/C10H14N2O2/c11-6-2-5-8(13)7-3-1-4-9(14)10(7)12/h1,3-4,14H,2,5-6,11-12H2. The predicted octanol–water partition coefficient (Wildman–Crippen LogP) is 0.896. The van der Waals surface area contributed by atoms with Crippen molar-refractivity contribution in [3.05, 3.63) is 23.8 Å². The van der Waals surface area contributed by atoms with E-state index in [0.717, 1.165) is 0 Å². The molecule has 4 heteroatoms. The lowest BCUT2D eigenvalue weighted by Crippen LogP contribution is -2.07. The molecule has 0 fully saturated rings. The Bertz CT molecular complexity index is 337. The average molecular weight is 194 g/mol.